The van der Waals surface area contributed by atoms with E-state index in [0.29, 0.717) is 5.75 Å². The van der Waals surface area contributed by atoms with Crippen molar-refractivity contribution >= 4 is 24.2 Å². The van der Waals surface area contributed by atoms with E-state index in [4.69, 9.17) is 24.2 Å². The Morgan fingerprint density at radius 2 is 2.22 bits per heavy atom. The third-order valence-corrected chi connectivity index (χ3v) is 1.62. The minimum absolute atomic E-state index is 0.639. The smallest absolute Gasteiger partial charge is 0.0409 e. The van der Waals surface area contributed by atoms with Crippen LogP contribution in [0.1, 0.15) is 5.56 Å². The van der Waals surface area contributed by atoms with E-state index >= 15 is 0 Å². The van der Waals surface area contributed by atoms with Gasteiger partial charge in [0.05, 0.1) is 0 Å². The molecule has 1 rings (SSSR count). The molecule has 0 aliphatic heterocycles. The van der Waals surface area contributed by atoms with Crippen molar-refractivity contribution in [2.75, 3.05) is 0 Å². The summed E-state index contributed by atoms with van der Waals surface area (Å²) in [6.07, 6.45) is 0. The maximum Gasteiger partial charge on any atom is 0.0409 e. The highest BCUT2D eigenvalue weighted by Gasteiger charge is 1.88. The summed E-state index contributed by atoms with van der Waals surface area (Å²) in [5, 5.41) is 0.761. The molecule has 0 aliphatic rings. The van der Waals surface area contributed by atoms with Crippen LogP contribution in [-0.2, 0) is 5.75 Å². The van der Waals surface area contributed by atoms with Crippen LogP contribution in [0, 0.1) is 0 Å². The molecule has 0 saturated carbocycles. The lowest BCUT2D eigenvalue weighted by atomic mass is 10.2. The fourth-order valence-corrected chi connectivity index (χ4v) is 1.02. The summed E-state index contributed by atoms with van der Waals surface area (Å²) in [6.45, 7) is 0. The second-order valence-corrected chi connectivity index (χ2v) is 2.50. The normalized spacial score (nSPS) is 9.56. The predicted molar refractivity (Wildman–Crippen MR) is 42.7 cm³/mol. The van der Waals surface area contributed by atoms with Crippen LogP contribution in [0.3, 0.4) is 0 Å². The van der Waals surface area contributed by atoms with E-state index in [2.05, 4.69) is 0 Å². The summed E-state index contributed by atoms with van der Waals surface area (Å²) in [5.41, 5.74) is 1.11. The maximum absolute atomic E-state index is 5.68. The van der Waals surface area contributed by atoms with Crippen LogP contribution in [0.5, 0.6) is 0 Å². The Morgan fingerprint density at radius 3 is 2.67 bits per heavy atom. The molecule has 1 aromatic carbocycles. The number of rotatable bonds is 1. The van der Waals surface area contributed by atoms with Crippen molar-refractivity contribution in [3.8, 4) is 0 Å². The predicted octanol–water partition coefficient (Wildman–Crippen LogP) is 3.04. The Morgan fingerprint density at radius 1 is 1.44 bits per heavy atom. The fraction of sp³-hybridized carbons (Fsp3) is 0.143. The molecule has 0 bridgehead atoms. The van der Waals surface area contributed by atoms with Crippen molar-refractivity contribution in [1.82, 2.24) is 0 Å². The SMILES string of the molecule is [S]Cc1cccc(Cl)c1. The van der Waals surface area contributed by atoms with E-state index in [1.807, 2.05) is 24.3 Å². The van der Waals surface area contributed by atoms with Gasteiger partial charge in [-0.2, -0.15) is 0 Å². The van der Waals surface area contributed by atoms with Gasteiger partial charge < -0.3 is 0 Å². The van der Waals surface area contributed by atoms with E-state index in [0.717, 1.165) is 10.6 Å². The standard InChI is InChI=1S/C7H6ClS/c8-7-3-1-2-6(4-7)5-9/h1-4H,5H2. The molecule has 0 fully saturated rings. The molecule has 0 saturated heterocycles. The molecule has 0 aromatic heterocycles. The van der Waals surface area contributed by atoms with Crippen LogP contribution in [-0.4, -0.2) is 0 Å². The van der Waals surface area contributed by atoms with Gasteiger partial charge in [0.2, 0.25) is 0 Å². The quantitative estimate of drug-likeness (QED) is 0.588. The van der Waals surface area contributed by atoms with E-state index in [-0.39, 0.29) is 0 Å². The number of hydrogen-bond acceptors (Lipinski definition) is 0. The monoisotopic (exact) mass is 157 g/mol. The minimum atomic E-state index is 0.639. The van der Waals surface area contributed by atoms with Crippen LogP contribution in [0.2, 0.25) is 5.02 Å². The molecule has 0 nitrogen and oxygen atoms in total. The highest BCUT2D eigenvalue weighted by atomic mass is 35.5. The molecule has 2 heteroatoms. The lowest BCUT2D eigenvalue weighted by molar-refractivity contribution is 1.43. The molecule has 0 unspecified atom stereocenters. The number of halogens is 1. The number of benzene rings is 1. The van der Waals surface area contributed by atoms with Gasteiger partial charge in [-0.25, -0.2) is 0 Å². The first-order chi connectivity index (χ1) is 4.33. The Hall–Kier alpha value is -0.140. The van der Waals surface area contributed by atoms with Crippen molar-refractivity contribution in [3.05, 3.63) is 34.9 Å². The van der Waals surface area contributed by atoms with Gasteiger partial charge in [0, 0.05) is 10.8 Å². The highest BCUT2D eigenvalue weighted by molar-refractivity contribution is 7.79. The van der Waals surface area contributed by atoms with E-state index in [1.165, 1.54) is 0 Å². The molecule has 0 aliphatic carbocycles. The van der Waals surface area contributed by atoms with Gasteiger partial charge in [-0.15, -0.1) is 0 Å². The average Bonchev–Trinajstić information content (AvgIpc) is 1.88. The summed E-state index contributed by atoms with van der Waals surface area (Å²) in [6, 6.07) is 7.60. The van der Waals surface area contributed by atoms with Gasteiger partial charge in [-0.3, -0.25) is 0 Å². The molecule has 9 heavy (non-hydrogen) atoms. The third-order valence-electron chi connectivity index (χ3n) is 1.06. The molecular weight excluding hydrogens is 152 g/mol. The fourth-order valence-electron chi connectivity index (χ4n) is 0.627. The van der Waals surface area contributed by atoms with Crippen molar-refractivity contribution < 1.29 is 0 Å². The molecular formula is C7H6ClS. The minimum Gasteiger partial charge on any atom is -0.0890 e. The van der Waals surface area contributed by atoms with Crippen molar-refractivity contribution in [1.29, 1.82) is 0 Å². The second-order valence-electron chi connectivity index (χ2n) is 1.77. The third kappa shape index (κ3) is 1.92. The van der Waals surface area contributed by atoms with Crippen LogP contribution < -0.4 is 0 Å². The summed E-state index contributed by atoms with van der Waals surface area (Å²) >= 11 is 10.5. The van der Waals surface area contributed by atoms with Gasteiger partial charge in [0.15, 0.2) is 0 Å². The summed E-state index contributed by atoms with van der Waals surface area (Å²) in [5.74, 6) is 0.639. The van der Waals surface area contributed by atoms with Gasteiger partial charge in [0.25, 0.3) is 0 Å². The van der Waals surface area contributed by atoms with Gasteiger partial charge >= 0.3 is 0 Å². The van der Waals surface area contributed by atoms with E-state index < -0.39 is 0 Å². The van der Waals surface area contributed by atoms with E-state index in [1.54, 1.807) is 0 Å². The molecule has 1 aromatic rings. The van der Waals surface area contributed by atoms with Crippen LogP contribution in [0.25, 0.3) is 0 Å². The van der Waals surface area contributed by atoms with E-state index in [9.17, 15) is 0 Å². The summed E-state index contributed by atoms with van der Waals surface area (Å²) in [7, 11) is 0. The lowest BCUT2D eigenvalue weighted by Gasteiger charge is -1.92. The second kappa shape index (κ2) is 3.14. The highest BCUT2D eigenvalue weighted by Crippen LogP contribution is 2.11. The topological polar surface area (TPSA) is 0 Å². The molecule has 1 radical (unpaired) electrons. The van der Waals surface area contributed by atoms with Crippen LogP contribution >= 0.6 is 24.2 Å². The Kier molecular flexibility index (Phi) is 2.43. The first-order valence-corrected chi connectivity index (χ1v) is 3.61. The molecule has 0 heterocycles. The summed E-state index contributed by atoms with van der Waals surface area (Å²) in [4.78, 5) is 0. The van der Waals surface area contributed by atoms with Crippen LogP contribution in [0.15, 0.2) is 24.3 Å². The van der Waals surface area contributed by atoms with Crippen molar-refractivity contribution in [2.45, 2.75) is 5.75 Å². The summed E-state index contributed by atoms with van der Waals surface area (Å²) < 4.78 is 0. The Bertz CT molecular complexity index is 198. The molecule has 0 atom stereocenters. The van der Waals surface area contributed by atoms with Gasteiger partial charge in [-0.05, 0) is 17.7 Å². The zero-order valence-corrected chi connectivity index (χ0v) is 6.38. The van der Waals surface area contributed by atoms with Gasteiger partial charge in [-0.1, -0.05) is 36.4 Å². The zero-order valence-electron chi connectivity index (χ0n) is 4.80. The zero-order chi connectivity index (χ0) is 6.69. The first kappa shape index (κ1) is 6.97. The first-order valence-electron chi connectivity index (χ1n) is 2.65. The van der Waals surface area contributed by atoms with Crippen LogP contribution in [0.4, 0.5) is 0 Å². The van der Waals surface area contributed by atoms with Crippen molar-refractivity contribution in [3.63, 3.8) is 0 Å². The molecule has 47 valence electrons. The number of hydrogen-bond donors (Lipinski definition) is 0. The lowest BCUT2D eigenvalue weighted by Crippen LogP contribution is -1.73. The van der Waals surface area contributed by atoms with Gasteiger partial charge in [0.1, 0.15) is 0 Å². The molecule has 0 N–H and O–H groups in total. The maximum atomic E-state index is 5.68. The molecule has 0 spiro atoms. The largest absolute Gasteiger partial charge is 0.0890 e. The van der Waals surface area contributed by atoms with Crippen molar-refractivity contribution in [2.24, 2.45) is 0 Å². The Balaban J connectivity index is 2.94. The molecule has 0 amide bonds. The average molecular weight is 158 g/mol. The Labute approximate surface area is 65.3 Å².